The monoisotopic (exact) mass is 288 g/mol. The fraction of sp³-hybridized carbons (Fsp3) is 0.188. The van der Waals surface area contributed by atoms with Gasteiger partial charge < -0.3 is 5.11 Å². The van der Waals surface area contributed by atoms with E-state index in [1.165, 1.54) is 6.07 Å². The molecule has 0 saturated carbocycles. The molecule has 0 aromatic heterocycles. The molecular weight excluding hydrogens is 272 g/mol. The van der Waals surface area contributed by atoms with Crippen LogP contribution >= 0.6 is 0 Å². The average Bonchev–Trinajstić information content (AvgIpc) is 2.47. The molecule has 0 fully saturated rings. The lowest BCUT2D eigenvalue weighted by atomic mass is 10.1. The van der Waals surface area contributed by atoms with Gasteiger partial charge in [0.05, 0.1) is 10.8 Å². The normalized spacial score (nSPS) is 13.7. The number of carboxylic acid groups (broad SMARTS) is 1. The second-order valence-corrected chi connectivity index (χ2v) is 6.34. The fourth-order valence-electron chi connectivity index (χ4n) is 1.96. The van der Waals surface area contributed by atoms with Crippen LogP contribution in [0.5, 0.6) is 0 Å². The van der Waals surface area contributed by atoms with E-state index in [1.807, 2.05) is 43.3 Å². The van der Waals surface area contributed by atoms with Crippen molar-refractivity contribution in [2.45, 2.75) is 17.9 Å². The topological polar surface area (TPSA) is 54.4 Å². The molecule has 0 heterocycles. The van der Waals surface area contributed by atoms with Crippen molar-refractivity contribution in [2.24, 2.45) is 0 Å². The first-order chi connectivity index (χ1) is 9.58. The third-order valence-corrected chi connectivity index (χ3v) is 4.82. The smallest absolute Gasteiger partial charge is 0.335 e. The molecule has 0 amide bonds. The summed E-state index contributed by atoms with van der Waals surface area (Å²) in [6.07, 6.45) is 0. The second kappa shape index (κ2) is 6.48. The van der Waals surface area contributed by atoms with E-state index in [-0.39, 0.29) is 10.8 Å². The highest BCUT2D eigenvalue weighted by Gasteiger charge is 2.14. The second-order valence-electron chi connectivity index (χ2n) is 4.58. The third-order valence-electron chi connectivity index (χ3n) is 3.15. The molecule has 2 unspecified atom stereocenters. The lowest BCUT2D eigenvalue weighted by Gasteiger charge is -2.12. The highest BCUT2D eigenvalue weighted by atomic mass is 32.2. The molecule has 0 bridgehead atoms. The molecular formula is C16H16O3S. The van der Waals surface area contributed by atoms with E-state index < -0.39 is 16.8 Å². The fourth-order valence-corrected chi connectivity index (χ4v) is 3.18. The van der Waals surface area contributed by atoms with Crippen LogP contribution in [0.4, 0.5) is 0 Å². The van der Waals surface area contributed by atoms with Crippen LogP contribution in [0.25, 0.3) is 0 Å². The lowest BCUT2D eigenvalue weighted by molar-refractivity contribution is 0.0696. The van der Waals surface area contributed by atoms with Crippen molar-refractivity contribution in [3.05, 3.63) is 71.3 Å². The molecule has 0 radical (unpaired) electrons. The number of hydrogen-bond donors (Lipinski definition) is 1. The molecule has 0 aliphatic heterocycles. The Balaban J connectivity index is 2.12. The van der Waals surface area contributed by atoms with E-state index in [0.29, 0.717) is 5.75 Å². The van der Waals surface area contributed by atoms with Crippen molar-refractivity contribution in [3.8, 4) is 0 Å². The summed E-state index contributed by atoms with van der Waals surface area (Å²) < 4.78 is 12.4. The maximum Gasteiger partial charge on any atom is 0.335 e. The summed E-state index contributed by atoms with van der Waals surface area (Å²) in [5.41, 5.74) is 2.04. The first-order valence-corrected chi connectivity index (χ1v) is 7.70. The molecule has 2 atom stereocenters. The summed E-state index contributed by atoms with van der Waals surface area (Å²) in [5, 5.41) is 8.88. The Morgan fingerprint density at radius 3 is 2.50 bits per heavy atom. The van der Waals surface area contributed by atoms with Gasteiger partial charge >= 0.3 is 5.97 Å². The molecule has 2 aromatic carbocycles. The van der Waals surface area contributed by atoms with Crippen LogP contribution in [0, 0.1) is 0 Å². The number of hydrogen-bond acceptors (Lipinski definition) is 2. The molecule has 2 aromatic rings. The Morgan fingerprint density at radius 1 is 1.15 bits per heavy atom. The molecule has 0 spiro atoms. The highest BCUT2D eigenvalue weighted by molar-refractivity contribution is 7.84. The van der Waals surface area contributed by atoms with E-state index in [1.54, 1.807) is 12.1 Å². The molecule has 4 heteroatoms. The maximum atomic E-state index is 12.4. The Hall–Kier alpha value is -1.94. The van der Waals surface area contributed by atoms with Crippen molar-refractivity contribution in [3.63, 3.8) is 0 Å². The average molecular weight is 288 g/mol. The summed E-state index contributed by atoms with van der Waals surface area (Å²) in [6, 6.07) is 16.3. The molecule has 104 valence electrons. The van der Waals surface area contributed by atoms with Gasteiger partial charge in [-0.05, 0) is 30.2 Å². The predicted octanol–water partition coefficient (Wildman–Crippen LogP) is 3.39. The van der Waals surface area contributed by atoms with Gasteiger partial charge in [-0.3, -0.25) is 4.21 Å². The van der Waals surface area contributed by atoms with Crippen molar-refractivity contribution < 1.29 is 14.1 Å². The number of benzene rings is 2. The van der Waals surface area contributed by atoms with E-state index in [9.17, 15) is 9.00 Å². The SMILES string of the molecule is CC(c1ccccc1)S(=O)Cc1cccc(C(=O)O)c1. The van der Waals surface area contributed by atoms with E-state index in [4.69, 9.17) is 5.11 Å². The van der Waals surface area contributed by atoms with Crippen LogP contribution in [0.2, 0.25) is 0 Å². The van der Waals surface area contributed by atoms with Crippen molar-refractivity contribution >= 4 is 16.8 Å². The summed E-state index contributed by atoms with van der Waals surface area (Å²) in [6.45, 7) is 1.92. The first-order valence-electron chi connectivity index (χ1n) is 6.32. The Bertz CT molecular complexity index is 623. The summed E-state index contributed by atoms with van der Waals surface area (Å²) in [4.78, 5) is 10.9. The third kappa shape index (κ3) is 3.54. The Morgan fingerprint density at radius 2 is 1.85 bits per heavy atom. The Labute approximate surface area is 120 Å². The molecule has 20 heavy (non-hydrogen) atoms. The number of carbonyl (C=O) groups is 1. The summed E-state index contributed by atoms with van der Waals surface area (Å²) in [5.74, 6) is -0.606. The largest absolute Gasteiger partial charge is 0.478 e. The summed E-state index contributed by atoms with van der Waals surface area (Å²) in [7, 11) is -1.08. The van der Waals surface area contributed by atoms with Gasteiger partial charge in [0.25, 0.3) is 0 Å². The molecule has 1 N–H and O–H groups in total. The maximum absolute atomic E-state index is 12.4. The molecule has 0 saturated heterocycles. The van der Waals surface area contributed by atoms with E-state index in [2.05, 4.69) is 0 Å². The van der Waals surface area contributed by atoms with Gasteiger partial charge in [-0.15, -0.1) is 0 Å². The van der Waals surface area contributed by atoms with Crippen LogP contribution in [-0.2, 0) is 16.6 Å². The van der Waals surface area contributed by atoms with E-state index in [0.717, 1.165) is 11.1 Å². The van der Waals surface area contributed by atoms with Crippen molar-refractivity contribution in [1.82, 2.24) is 0 Å². The molecule has 0 aliphatic rings. The molecule has 3 nitrogen and oxygen atoms in total. The van der Waals surface area contributed by atoms with Crippen LogP contribution in [-0.4, -0.2) is 15.3 Å². The van der Waals surface area contributed by atoms with Gasteiger partial charge in [0.2, 0.25) is 0 Å². The predicted molar refractivity (Wildman–Crippen MR) is 80.1 cm³/mol. The Kier molecular flexibility index (Phi) is 4.69. The van der Waals surface area contributed by atoms with E-state index >= 15 is 0 Å². The van der Waals surface area contributed by atoms with Gasteiger partial charge in [0.15, 0.2) is 0 Å². The molecule has 0 aliphatic carbocycles. The highest BCUT2D eigenvalue weighted by Crippen LogP contribution is 2.21. The minimum absolute atomic E-state index is 0.0790. The lowest BCUT2D eigenvalue weighted by Crippen LogP contribution is -2.06. The zero-order valence-corrected chi connectivity index (χ0v) is 12.0. The standard InChI is InChI=1S/C16H16O3S/c1-12(14-7-3-2-4-8-14)20(19)11-13-6-5-9-15(10-13)16(17)18/h2-10,12H,11H2,1H3,(H,17,18). The zero-order valence-electron chi connectivity index (χ0n) is 11.2. The molecule has 2 rings (SSSR count). The minimum Gasteiger partial charge on any atom is -0.478 e. The zero-order chi connectivity index (χ0) is 14.5. The first kappa shape index (κ1) is 14.5. The van der Waals surface area contributed by atoms with Gasteiger partial charge in [0, 0.05) is 16.6 Å². The van der Waals surface area contributed by atoms with Crippen LogP contribution in [0.3, 0.4) is 0 Å². The minimum atomic E-state index is -1.08. The van der Waals surface area contributed by atoms with Crippen molar-refractivity contribution in [2.75, 3.05) is 0 Å². The number of rotatable bonds is 5. The van der Waals surface area contributed by atoms with Gasteiger partial charge in [0.1, 0.15) is 0 Å². The van der Waals surface area contributed by atoms with Gasteiger partial charge in [-0.2, -0.15) is 0 Å². The number of aromatic carboxylic acids is 1. The van der Waals surface area contributed by atoms with Crippen LogP contribution in [0.1, 0.15) is 33.7 Å². The summed E-state index contributed by atoms with van der Waals surface area (Å²) >= 11 is 0. The van der Waals surface area contributed by atoms with Gasteiger partial charge in [-0.25, -0.2) is 4.79 Å². The van der Waals surface area contributed by atoms with Gasteiger partial charge in [-0.1, -0.05) is 42.5 Å². The van der Waals surface area contributed by atoms with Crippen LogP contribution < -0.4 is 0 Å². The quantitative estimate of drug-likeness (QED) is 0.917. The number of carboxylic acids is 1. The van der Waals surface area contributed by atoms with Crippen LogP contribution in [0.15, 0.2) is 54.6 Å². The van der Waals surface area contributed by atoms with Crippen molar-refractivity contribution in [1.29, 1.82) is 0 Å².